The Morgan fingerprint density at radius 1 is 1.50 bits per heavy atom. The molecule has 14 heavy (non-hydrogen) atoms. The molecule has 2 atom stereocenters. The van der Waals surface area contributed by atoms with Gasteiger partial charge in [0, 0.05) is 0 Å². The minimum Gasteiger partial charge on any atom is -0.350 e. The summed E-state index contributed by atoms with van der Waals surface area (Å²) in [4.78, 5) is 11.1. The lowest BCUT2D eigenvalue weighted by molar-refractivity contribution is -0.120. The highest BCUT2D eigenvalue weighted by Gasteiger charge is 2.36. The molecule has 2 unspecified atom stereocenters. The minimum absolute atomic E-state index is 0.0565. The van der Waals surface area contributed by atoms with Crippen LogP contribution in [0.4, 0.5) is 0 Å². The molecule has 7 heteroatoms. The maximum atomic E-state index is 11.1. The molecular weight excluding hydrogens is 228 g/mol. The Labute approximate surface area is 88.1 Å². The van der Waals surface area contributed by atoms with Crippen molar-refractivity contribution in [3.63, 3.8) is 0 Å². The second kappa shape index (κ2) is 4.46. The summed E-state index contributed by atoms with van der Waals surface area (Å²) in [7, 11) is -1.43. The van der Waals surface area contributed by atoms with Crippen molar-refractivity contribution < 1.29 is 13.2 Å². The molecule has 1 rings (SSSR count). The Morgan fingerprint density at radius 3 is 2.57 bits per heavy atom. The quantitative estimate of drug-likeness (QED) is 0.603. The standard InChI is InChI=1S/C7H13ClN2O3S/c1-9-2-7(11)10-6-4-14(12,13)3-5(6)8/h5-6,9H,2-4H2,1H3,(H,10,11). The van der Waals surface area contributed by atoms with Gasteiger partial charge in [0.05, 0.1) is 29.5 Å². The topological polar surface area (TPSA) is 75.3 Å². The van der Waals surface area contributed by atoms with Gasteiger partial charge in [-0.05, 0) is 7.05 Å². The molecule has 82 valence electrons. The average Bonchev–Trinajstić information content (AvgIpc) is 2.25. The van der Waals surface area contributed by atoms with Gasteiger partial charge in [-0.3, -0.25) is 4.79 Å². The maximum Gasteiger partial charge on any atom is 0.234 e. The molecular formula is C7H13ClN2O3S. The van der Waals surface area contributed by atoms with E-state index in [1.807, 2.05) is 0 Å². The van der Waals surface area contributed by atoms with Gasteiger partial charge >= 0.3 is 0 Å². The van der Waals surface area contributed by atoms with E-state index in [9.17, 15) is 13.2 Å². The van der Waals surface area contributed by atoms with E-state index in [2.05, 4.69) is 10.6 Å². The van der Waals surface area contributed by atoms with Crippen LogP contribution >= 0.6 is 11.6 Å². The highest BCUT2D eigenvalue weighted by atomic mass is 35.5. The molecule has 0 aliphatic carbocycles. The van der Waals surface area contributed by atoms with Gasteiger partial charge < -0.3 is 10.6 Å². The maximum absolute atomic E-state index is 11.1. The summed E-state index contributed by atoms with van der Waals surface area (Å²) < 4.78 is 22.3. The Kier molecular flexibility index (Phi) is 3.74. The molecule has 0 radical (unpaired) electrons. The molecule has 0 aromatic heterocycles. The summed E-state index contributed by atoms with van der Waals surface area (Å²) in [6.07, 6.45) is 0. The van der Waals surface area contributed by atoms with Crippen LogP contribution in [0.1, 0.15) is 0 Å². The molecule has 0 bridgehead atoms. The van der Waals surface area contributed by atoms with Crippen molar-refractivity contribution in [1.82, 2.24) is 10.6 Å². The van der Waals surface area contributed by atoms with Crippen molar-refractivity contribution in [1.29, 1.82) is 0 Å². The van der Waals surface area contributed by atoms with E-state index in [0.29, 0.717) is 0 Å². The van der Waals surface area contributed by atoms with Crippen LogP contribution in [0, 0.1) is 0 Å². The molecule has 1 amide bonds. The Hall–Kier alpha value is -0.330. The normalized spacial score (nSPS) is 30.1. The van der Waals surface area contributed by atoms with Gasteiger partial charge in [-0.1, -0.05) is 0 Å². The number of alkyl halides is 1. The fourth-order valence-corrected chi connectivity index (χ4v) is 3.91. The van der Waals surface area contributed by atoms with Crippen LogP contribution in [0.5, 0.6) is 0 Å². The first kappa shape index (κ1) is 11.7. The van der Waals surface area contributed by atoms with Crippen molar-refractivity contribution in [2.45, 2.75) is 11.4 Å². The van der Waals surface area contributed by atoms with Gasteiger partial charge in [0.2, 0.25) is 5.91 Å². The third-order valence-electron chi connectivity index (χ3n) is 1.97. The van der Waals surface area contributed by atoms with E-state index in [0.717, 1.165) is 0 Å². The van der Waals surface area contributed by atoms with Gasteiger partial charge in [0.25, 0.3) is 0 Å². The summed E-state index contributed by atoms with van der Waals surface area (Å²) in [5.74, 6) is -0.351. The number of carbonyl (C=O) groups excluding carboxylic acids is 1. The second-order valence-electron chi connectivity index (χ2n) is 3.30. The average molecular weight is 241 g/mol. The minimum atomic E-state index is -3.07. The molecule has 0 saturated carbocycles. The number of carbonyl (C=O) groups is 1. The molecule has 1 saturated heterocycles. The van der Waals surface area contributed by atoms with Crippen molar-refractivity contribution in [2.24, 2.45) is 0 Å². The molecule has 0 aromatic carbocycles. The lowest BCUT2D eigenvalue weighted by Crippen LogP contribution is -2.44. The fraction of sp³-hybridized carbons (Fsp3) is 0.857. The second-order valence-corrected chi connectivity index (χ2v) is 6.01. The molecule has 1 fully saturated rings. The summed E-state index contributed by atoms with van der Waals surface area (Å²) in [5.41, 5.74) is 0. The van der Waals surface area contributed by atoms with Crippen LogP contribution in [0.3, 0.4) is 0 Å². The number of halogens is 1. The summed E-state index contributed by atoms with van der Waals surface area (Å²) in [5, 5.41) is 4.73. The third-order valence-corrected chi connectivity index (χ3v) is 4.34. The summed E-state index contributed by atoms with van der Waals surface area (Å²) in [6.45, 7) is 0.167. The predicted octanol–water partition coefficient (Wildman–Crippen LogP) is -1.27. The van der Waals surface area contributed by atoms with Crippen LogP contribution in [0.25, 0.3) is 0 Å². The highest BCUT2D eigenvalue weighted by molar-refractivity contribution is 7.91. The van der Waals surface area contributed by atoms with E-state index in [-0.39, 0.29) is 24.0 Å². The number of hydrogen-bond donors (Lipinski definition) is 2. The smallest absolute Gasteiger partial charge is 0.234 e. The number of nitrogens with one attached hydrogen (secondary N) is 2. The molecule has 0 aromatic rings. The van der Waals surface area contributed by atoms with Gasteiger partial charge in [0.15, 0.2) is 9.84 Å². The Bertz CT molecular complexity index is 317. The van der Waals surface area contributed by atoms with Gasteiger partial charge in [-0.25, -0.2) is 8.42 Å². The number of amides is 1. The monoisotopic (exact) mass is 240 g/mol. The highest BCUT2D eigenvalue weighted by Crippen LogP contribution is 2.17. The van der Waals surface area contributed by atoms with Crippen molar-refractivity contribution in [3.8, 4) is 0 Å². The van der Waals surface area contributed by atoms with E-state index in [1.165, 1.54) is 0 Å². The Balaban J connectivity index is 2.51. The zero-order valence-electron chi connectivity index (χ0n) is 7.79. The lowest BCUT2D eigenvalue weighted by atomic mass is 10.2. The SMILES string of the molecule is CNCC(=O)NC1CS(=O)(=O)CC1Cl. The zero-order chi connectivity index (χ0) is 10.8. The molecule has 1 heterocycles. The fourth-order valence-electron chi connectivity index (χ4n) is 1.36. The first-order valence-corrected chi connectivity index (χ1v) is 6.49. The lowest BCUT2D eigenvalue weighted by Gasteiger charge is -2.13. The van der Waals surface area contributed by atoms with E-state index >= 15 is 0 Å². The molecule has 5 nitrogen and oxygen atoms in total. The van der Waals surface area contributed by atoms with Crippen LogP contribution in [-0.4, -0.2) is 50.8 Å². The van der Waals surface area contributed by atoms with Crippen LogP contribution < -0.4 is 10.6 Å². The number of likely N-dealkylation sites (N-methyl/N-ethyl adjacent to an activating group) is 1. The summed E-state index contributed by atoms with van der Waals surface area (Å²) >= 11 is 5.79. The van der Waals surface area contributed by atoms with Gasteiger partial charge in [-0.15, -0.1) is 11.6 Å². The van der Waals surface area contributed by atoms with Crippen molar-refractivity contribution in [2.75, 3.05) is 25.1 Å². The number of hydrogen-bond acceptors (Lipinski definition) is 4. The van der Waals surface area contributed by atoms with Crippen molar-refractivity contribution in [3.05, 3.63) is 0 Å². The largest absolute Gasteiger partial charge is 0.350 e. The van der Waals surface area contributed by atoms with E-state index in [1.54, 1.807) is 7.05 Å². The number of rotatable bonds is 3. The van der Waals surface area contributed by atoms with E-state index < -0.39 is 21.3 Å². The van der Waals surface area contributed by atoms with Gasteiger partial charge in [-0.2, -0.15) is 0 Å². The van der Waals surface area contributed by atoms with Crippen LogP contribution in [0.15, 0.2) is 0 Å². The van der Waals surface area contributed by atoms with E-state index in [4.69, 9.17) is 11.6 Å². The van der Waals surface area contributed by atoms with Crippen molar-refractivity contribution >= 4 is 27.3 Å². The predicted molar refractivity (Wildman–Crippen MR) is 54.2 cm³/mol. The molecule has 0 spiro atoms. The zero-order valence-corrected chi connectivity index (χ0v) is 9.36. The van der Waals surface area contributed by atoms with Gasteiger partial charge in [0.1, 0.15) is 0 Å². The molecule has 2 N–H and O–H groups in total. The Morgan fingerprint density at radius 2 is 2.14 bits per heavy atom. The first-order valence-electron chi connectivity index (χ1n) is 4.23. The first-order chi connectivity index (χ1) is 6.44. The summed E-state index contributed by atoms with van der Waals surface area (Å²) in [6, 6.07) is -0.456. The number of sulfone groups is 1. The molecule has 1 aliphatic heterocycles. The third kappa shape index (κ3) is 3.11. The van der Waals surface area contributed by atoms with Crippen LogP contribution in [0.2, 0.25) is 0 Å². The molecule has 1 aliphatic rings. The van der Waals surface area contributed by atoms with Crippen LogP contribution in [-0.2, 0) is 14.6 Å².